The summed E-state index contributed by atoms with van der Waals surface area (Å²) in [4.78, 5) is 0. The molecule has 2 heteroatoms. The zero-order valence-corrected chi connectivity index (χ0v) is 11.7. The van der Waals surface area contributed by atoms with Crippen LogP contribution in [0.3, 0.4) is 0 Å². The molecular formula is C16H24N2. The highest BCUT2D eigenvalue weighted by atomic mass is 15.0. The third-order valence-electron chi connectivity index (χ3n) is 3.34. The minimum Gasteiger partial charge on any atom is -0.346 e. The SMILES string of the molecule is CCc1cccc2ccn(CCNCC(C)C)c12. The Labute approximate surface area is 110 Å². The van der Waals surface area contributed by atoms with Crippen molar-refractivity contribution in [1.29, 1.82) is 0 Å². The van der Waals surface area contributed by atoms with E-state index in [1.165, 1.54) is 16.5 Å². The summed E-state index contributed by atoms with van der Waals surface area (Å²) in [6.45, 7) is 9.90. The number of nitrogens with one attached hydrogen (secondary N) is 1. The first kappa shape index (κ1) is 13.2. The zero-order chi connectivity index (χ0) is 13.0. The Balaban J connectivity index is 2.09. The maximum atomic E-state index is 3.50. The van der Waals surface area contributed by atoms with Crippen molar-refractivity contribution in [3.63, 3.8) is 0 Å². The van der Waals surface area contributed by atoms with Crippen LogP contribution in [0.4, 0.5) is 0 Å². The van der Waals surface area contributed by atoms with Gasteiger partial charge in [0.05, 0.1) is 5.52 Å². The van der Waals surface area contributed by atoms with E-state index in [9.17, 15) is 0 Å². The van der Waals surface area contributed by atoms with Crippen molar-refractivity contribution in [2.75, 3.05) is 13.1 Å². The van der Waals surface area contributed by atoms with Gasteiger partial charge in [-0.25, -0.2) is 0 Å². The summed E-state index contributed by atoms with van der Waals surface area (Å²) in [7, 11) is 0. The number of aromatic nitrogens is 1. The summed E-state index contributed by atoms with van der Waals surface area (Å²) in [6.07, 6.45) is 3.31. The minimum atomic E-state index is 0.720. The molecule has 0 unspecified atom stereocenters. The largest absolute Gasteiger partial charge is 0.346 e. The van der Waals surface area contributed by atoms with Crippen LogP contribution in [0.15, 0.2) is 30.5 Å². The number of fused-ring (bicyclic) bond motifs is 1. The van der Waals surface area contributed by atoms with E-state index in [-0.39, 0.29) is 0 Å². The number of aryl methyl sites for hydroxylation is 1. The number of rotatable bonds is 6. The number of para-hydroxylation sites is 1. The van der Waals surface area contributed by atoms with Crippen molar-refractivity contribution in [3.8, 4) is 0 Å². The van der Waals surface area contributed by atoms with E-state index in [2.05, 4.69) is 61.1 Å². The van der Waals surface area contributed by atoms with Gasteiger partial charge >= 0.3 is 0 Å². The molecule has 0 aliphatic carbocycles. The fraction of sp³-hybridized carbons (Fsp3) is 0.500. The van der Waals surface area contributed by atoms with E-state index in [0.717, 1.165) is 32.0 Å². The van der Waals surface area contributed by atoms with Crippen LogP contribution < -0.4 is 5.32 Å². The van der Waals surface area contributed by atoms with Crippen LogP contribution >= 0.6 is 0 Å². The quantitative estimate of drug-likeness (QED) is 0.770. The Hall–Kier alpha value is -1.28. The number of benzene rings is 1. The van der Waals surface area contributed by atoms with Gasteiger partial charge < -0.3 is 9.88 Å². The molecule has 2 rings (SSSR count). The molecule has 0 amide bonds. The minimum absolute atomic E-state index is 0.720. The molecule has 0 saturated heterocycles. The van der Waals surface area contributed by atoms with Crippen molar-refractivity contribution in [1.82, 2.24) is 9.88 Å². The van der Waals surface area contributed by atoms with Gasteiger partial charge in [0.2, 0.25) is 0 Å². The Kier molecular flexibility index (Phi) is 4.43. The summed E-state index contributed by atoms with van der Waals surface area (Å²) in [5.74, 6) is 0.720. The Bertz CT molecular complexity index is 497. The fourth-order valence-corrected chi connectivity index (χ4v) is 2.40. The van der Waals surface area contributed by atoms with Crippen molar-refractivity contribution < 1.29 is 0 Å². The second-order valence-corrected chi connectivity index (χ2v) is 5.32. The van der Waals surface area contributed by atoms with Gasteiger partial charge in [0.25, 0.3) is 0 Å². The smallest absolute Gasteiger partial charge is 0.0513 e. The monoisotopic (exact) mass is 244 g/mol. The van der Waals surface area contributed by atoms with Crippen LogP contribution in [0.2, 0.25) is 0 Å². The summed E-state index contributed by atoms with van der Waals surface area (Å²) < 4.78 is 2.38. The van der Waals surface area contributed by atoms with Crippen LogP contribution in [0.1, 0.15) is 26.3 Å². The first-order valence-electron chi connectivity index (χ1n) is 6.99. The molecule has 1 aromatic heterocycles. The molecule has 1 heterocycles. The third kappa shape index (κ3) is 2.94. The van der Waals surface area contributed by atoms with Crippen molar-refractivity contribution in [3.05, 3.63) is 36.0 Å². The van der Waals surface area contributed by atoms with E-state index < -0.39 is 0 Å². The van der Waals surface area contributed by atoms with Crippen molar-refractivity contribution in [2.45, 2.75) is 33.7 Å². The van der Waals surface area contributed by atoms with Crippen LogP contribution in [0.5, 0.6) is 0 Å². The van der Waals surface area contributed by atoms with Gasteiger partial charge in [-0.1, -0.05) is 39.0 Å². The Morgan fingerprint density at radius 3 is 2.78 bits per heavy atom. The lowest BCUT2D eigenvalue weighted by Crippen LogP contribution is -2.23. The standard InChI is InChI=1S/C16H24N2/c1-4-14-6-5-7-15-8-10-18(16(14)15)11-9-17-12-13(2)3/h5-8,10,13,17H,4,9,11-12H2,1-3H3. The fourth-order valence-electron chi connectivity index (χ4n) is 2.40. The average molecular weight is 244 g/mol. The molecule has 98 valence electrons. The van der Waals surface area contributed by atoms with E-state index >= 15 is 0 Å². The molecule has 2 aromatic rings. The van der Waals surface area contributed by atoms with Crippen LogP contribution in [-0.4, -0.2) is 17.7 Å². The van der Waals surface area contributed by atoms with Gasteiger partial charge in [-0.15, -0.1) is 0 Å². The van der Waals surface area contributed by atoms with E-state index in [0.29, 0.717) is 0 Å². The highest BCUT2D eigenvalue weighted by Crippen LogP contribution is 2.20. The molecule has 0 spiro atoms. The van der Waals surface area contributed by atoms with E-state index in [1.807, 2.05) is 0 Å². The zero-order valence-electron chi connectivity index (χ0n) is 11.7. The first-order valence-corrected chi connectivity index (χ1v) is 6.99. The van der Waals surface area contributed by atoms with Gasteiger partial charge in [-0.3, -0.25) is 0 Å². The topological polar surface area (TPSA) is 17.0 Å². The lowest BCUT2D eigenvalue weighted by molar-refractivity contribution is 0.529. The highest BCUT2D eigenvalue weighted by molar-refractivity contribution is 5.83. The van der Waals surface area contributed by atoms with Crippen LogP contribution in [0.25, 0.3) is 10.9 Å². The molecule has 0 aliphatic rings. The molecule has 0 aliphatic heterocycles. The van der Waals surface area contributed by atoms with Gasteiger partial charge in [0.1, 0.15) is 0 Å². The third-order valence-corrected chi connectivity index (χ3v) is 3.34. The summed E-state index contributed by atoms with van der Waals surface area (Å²) >= 11 is 0. The van der Waals surface area contributed by atoms with Crippen molar-refractivity contribution >= 4 is 10.9 Å². The second kappa shape index (κ2) is 6.05. The van der Waals surface area contributed by atoms with Gasteiger partial charge in [0.15, 0.2) is 0 Å². The van der Waals surface area contributed by atoms with Crippen molar-refractivity contribution in [2.24, 2.45) is 5.92 Å². The van der Waals surface area contributed by atoms with Crippen LogP contribution in [-0.2, 0) is 13.0 Å². The Morgan fingerprint density at radius 1 is 1.22 bits per heavy atom. The number of hydrogen-bond acceptors (Lipinski definition) is 1. The van der Waals surface area contributed by atoms with E-state index in [1.54, 1.807) is 0 Å². The Morgan fingerprint density at radius 2 is 2.06 bits per heavy atom. The van der Waals surface area contributed by atoms with Gasteiger partial charge in [-0.2, -0.15) is 0 Å². The number of hydrogen-bond donors (Lipinski definition) is 1. The maximum absolute atomic E-state index is 3.50. The molecule has 0 bridgehead atoms. The summed E-state index contributed by atoms with van der Waals surface area (Å²) in [5.41, 5.74) is 2.85. The molecule has 0 radical (unpaired) electrons. The van der Waals surface area contributed by atoms with Crippen LogP contribution in [0, 0.1) is 5.92 Å². The molecule has 0 saturated carbocycles. The van der Waals surface area contributed by atoms with E-state index in [4.69, 9.17) is 0 Å². The first-order chi connectivity index (χ1) is 8.72. The summed E-state index contributed by atoms with van der Waals surface area (Å²) in [5, 5.41) is 4.86. The van der Waals surface area contributed by atoms with Gasteiger partial charge in [-0.05, 0) is 35.9 Å². The lowest BCUT2D eigenvalue weighted by atomic mass is 10.1. The molecule has 2 nitrogen and oxygen atoms in total. The molecule has 1 aromatic carbocycles. The van der Waals surface area contributed by atoms with Gasteiger partial charge in [0, 0.05) is 19.3 Å². The predicted octanol–water partition coefficient (Wildman–Crippen LogP) is 3.45. The molecular weight excluding hydrogens is 220 g/mol. The maximum Gasteiger partial charge on any atom is 0.0513 e. The second-order valence-electron chi connectivity index (χ2n) is 5.32. The lowest BCUT2D eigenvalue weighted by Gasteiger charge is -2.11. The summed E-state index contributed by atoms with van der Waals surface area (Å²) in [6, 6.07) is 8.81. The number of nitrogens with zero attached hydrogens (tertiary/aromatic N) is 1. The predicted molar refractivity (Wildman–Crippen MR) is 79.0 cm³/mol. The average Bonchev–Trinajstić information content (AvgIpc) is 2.77. The molecule has 18 heavy (non-hydrogen) atoms. The molecule has 1 N–H and O–H groups in total. The highest BCUT2D eigenvalue weighted by Gasteiger charge is 2.04. The molecule has 0 atom stereocenters. The normalized spacial score (nSPS) is 11.6. The molecule has 0 fully saturated rings.